The van der Waals surface area contributed by atoms with E-state index in [0.29, 0.717) is 24.5 Å². The normalized spacial score (nSPS) is 15.9. The Morgan fingerprint density at radius 2 is 1.82 bits per heavy atom. The highest BCUT2D eigenvalue weighted by Crippen LogP contribution is 2.31. The Morgan fingerprint density at radius 1 is 1.14 bits per heavy atom. The fraction of sp³-hybridized carbons (Fsp3) is 0.350. The first-order chi connectivity index (χ1) is 13.4. The van der Waals surface area contributed by atoms with Crippen molar-refractivity contribution in [3.05, 3.63) is 48.5 Å². The number of carbonyl (C=O) groups excluding carboxylic acids is 1. The molecule has 0 spiro atoms. The molecular formula is C20H24N2O4S2. The zero-order valence-corrected chi connectivity index (χ0v) is 17.6. The van der Waals surface area contributed by atoms with Crippen LogP contribution in [-0.2, 0) is 14.8 Å². The van der Waals surface area contributed by atoms with Crippen molar-refractivity contribution in [2.24, 2.45) is 0 Å². The Labute approximate surface area is 170 Å². The van der Waals surface area contributed by atoms with Crippen LogP contribution in [0, 0.1) is 0 Å². The number of methoxy groups -OCH3 is 1. The summed E-state index contributed by atoms with van der Waals surface area (Å²) in [6.07, 6.45) is 1.74. The summed E-state index contributed by atoms with van der Waals surface area (Å²) in [7, 11) is -2.08. The third-order valence-corrected chi connectivity index (χ3v) is 7.56. The highest BCUT2D eigenvalue weighted by Gasteiger charge is 2.28. The van der Waals surface area contributed by atoms with Gasteiger partial charge < -0.3 is 10.1 Å². The third kappa shape index (κ3) is 4.68. The number of hydrogen-bond acceptors (Lipinski definition) is 5. The van der Waals surface area contributed by atoms with Crippen LogP contribution in [0.25, 0.3) is 0 Å². The van der Waals surface area contributed by atoms with Crippen LogP contribution in [0.3, 0.4) is 0 Å². The minimum atomic E-state index is -3.57. The molecule has 2 aromatic rings. The van der Waals surface area contributed by atoms with Crippen LogP contribution in [0.2, 0.25) is 0 Å². The number of nitrogens with zero attached hydrogens (tertiary/aromatic N) is 1. The number of anilines is 1. The molecule has 6 nitrogen and oxygen atoms in total. The number of hydrogen-bond donors (Lipinski definition) is 1. The van der Waals surface area contributed by atoms with Crippen molar-refractivity contribution in [1.29, 1.82) is 0 Å². The maximum Gasteiger partial charge on any atom is 0.243 e. The largest absolute Gasteiger partial charge is 0.495 e. The number of ether oxygens (including phenoxy) is 1. The lowest BCUT2D eigenvalue weighted by molar-refractivity contribution is -0.115. The van der Waals surface area contributed by atoms with Gasteiger partial charge in [-0.05, 0) is 50.1 Å². The van der Waals surface area contributed by atoms with E-state index in [1.54, 1.807) is 6.07 Å². The van der Waals surface area contributed by atoms with Gasteiger partial charge in [0.1, 0.15) is 5.75 Å². The molecule has 1 N–H and O–H groups in total. The molecular weight excluding hydrogens is 396 g/mol. The summed E-state index contributed by atoms with van der Waals surface area (Å²) < 4.78 is 32.4. The van der Waals surface area contributed by atoms with Gasteiger partial charge in [-0.3, -0.25) is 4.79 Å². The van der Waals surface area contributed by atoms with Crippen molar-refractivity contribution in [2.45, 2.75) is 34.8 Å². The van der Waals surface area contributed by atoms with E-state index in [4.69, 9.17) is 4.74 Å². The molecule has 0 radical (unpaired) electrons. The molecule has 0 saturated carbocycles. The fourth-order valence-electron chi connectivity index (χ4n) is 3.01. The number of rotatable bonds is 7. The molecule has 3 rings (SSSR count). The first kappa shape index (κ1) is 20.7. The van der Waals surface area contributed by atoms with Gasteiger partial charge in [0, 0.05) is 18.0 Å². The molecule has 28 heavy (non-hydrogen) atoms. The maximum atomic E-state index is 12.8. The van der Waals surface area contributed by atoms with Crippen molar-refractivity contribution in [3.63, 3.8) is 0 Å². The highest BCUT2D eigenvalue weighted by molar-refractivity contribution is 8.00. The zero-order valence-electron chi connectivity index (χ0n) is 15.9. The number of carbonyl (C=O) groups is 1. The van der Waals surface area contributed by atoms with Crippen molar-refractivity contribution >= 4 is 33.4 Å². The molecule has 1 aliphatic heterocycles. The van der Waals surface area contributed by atoms with E-state index in [1.807, 2.05) is 37.3 Å². The Hall–Kier alpha value is -2.03. The van der Waals surface area contributed by atoms with E-state index in [9.17, 15) is 13.2 Å². The molecule has 1 amide bonds. The summed E-state index contributed by atoms with van der Waals surface area (Å²) in [6, 6.07) is 14.2. The van der Waals surface area contributed by atoms with E-state index in [2.05, 4.69) is 5.32 Å². The highest BCUT2D eigenvalue weighted by atomic mass is 32.2. The minimum Gasteiger partial charge on any atom is -0.495 e. The molecule has 1 atom stereocenters. The quantitative estimate of drug-likeness (QED) is 0.693. The van der Waals surface area contributed by atoms with Gasteiger partial charge in [-0.1, -0.05) is 18.2 Å². The average Bonchev–Trinajstić information content (AvgIpc) is 3.24. The molecule has 0 aliphatic carbocycles. The Morgan fingerprint density at radius 3 is 2.46 bits per heavy atom. The molecule has 0 aromatic heterocycles. The lowest BCUT2D eigenvalue weighted by Crippen LogP contribution is -2.28. The first-order valence-electron chi connectivity index (χ1n) is 9.12. The van der Waals surface area contributed by atoms with E-state index in [-0.39, 0.29) is 16.1 Å². The van der Waals surface area contributed by atoms with Gasteiger partial charge in [-0.2, -0.15) is 4.31 Å². The van der Waals surface area contributed by atoms with Crippen LogP contribution in [0.4, 0.5) is 5.69 Å². The van der Waals surface area contributed by atoms with Gasteiger partial charge in [0.15, 0.2) is 0 Å². The minimum absolute atomic E-state index is 0.161. The second kappa shape index (κ2) is 8.98. The lowest BCUT2D eigenvalue weighted by atomic mass is 10.3. The molecule has 1 heterocycles. The molecule has 0 bridgehead atoms. The van der Waals surface area contributed by atoms with E-state index in [0.717, 1.165) is 17.7 Å². The predicted molar refractivity (Wildman–Crippen MR) is 111 cm³/mol. The standard InChI is InChI=1S/C20H24N2O4S2/c1-15(27-16-8-4-3-5-9-16)20(23)21-18-14-17(10-11-19(18)26-2)28(24,25)22-12-6-7-13-22/h3-5,8-11,14-15H,6-7,12-13H2,1-2H3,(H,21,23). The van der Waals surface area contributed by atoms with Crippen LogP contribution in [-0.4, -0.2) is 44.1 Å². The number of sulfonamides is 1. The van der Waals surface area contributed by atoms with Crippen LogP contribution < -0.4 is 10.1 Å². The average molecular weight is 421 g/mol. The van der Waals surface area contributed by atoms with Crippen molar-refractivity contribution in [1.82, 2.24) is 4.31 Å². The van der Waals surface area contributed by atoms with Gasteiger partial charge in [0.25, 0.3) is 0 Å². The summed E-state index contributed by atoms with van der Waals surface area (Å²) in [6.45, 7) is 2.87. The number of nitrogens with one attached hydrogen (secondary N) is 1. The zero-order chi connectivity index (χ0) is 20.1. The van der Waals surface area contributed by atoms with Gasteiger partial charge in [-0.25, -0.2) is 8.42 Å². The fourth-order valence-corrected chi connectivity index (χ4v) is 5.45. The van der Waals surface area contributed by atoms with E-state index < -0.39 is 10.0 Å². The summed E-state index contributed by atoms with van der Waals surface area (Å²) in [4.78, 5) is 13.8. The van der Waals surface area contributed by atoms with Crippen LogP contribution in [0.1, 0.15) is 19.8 Å². The molecule has 1 aliphatic rings. The monoisotopic (exact) mass is 420 g/mol. The summed E-state index contributed by atoms with van der Waals surface area (Å²) in [5, 5.41) is 2.46. The maximum absolute atomic E-state index is 12.8. The molecule has 150 valence electrons. The third-order valence-electron chi connectivity index (χ3n) is 4.56. The Bertz CT molecular complexity index is 926. The topological polar surface area (TPSA) is 75.7 Å². The smallest absolute Gasteiger partial charge is 0.243 e. The summed E-state index contributed by atoms with van der Waals surface area (Å²) in [5.41, 5.74) is 0.355. The van der Waals surface area contributed by atoms with Crippen molar-refractivity contribution < 1.29 is 17.9 Å². The molecule has 1 saturated heterocycles. The SMILES string of the molecule is COc1ccc(S(=O)(=O)N2CCCC2)cc1NC(=O)C(C)Sc1ccccc1. The van der Waals surface area contributed by atoms with Crippen molar-refractivity contribution in [2.75, 3.05) is 25.5 Å². The Balaban J connectivity index is 1.79. The van der Waals surface area contributed by atoms with Crippen LogP contribution in [0.5, 0.6) is 5.75 Å². The second-order valence-electron chi connectivity index (χ2n) is 6.54. The van der Waals surface area contributed by atoms with Crippen LogP contribution >= 0.6 is 11.8 Å². The number of amides is 1. The number of thioether (sulfide) groups is 1. The molecule has 1 fully saturated rings. The van der Waals surface area contributed by atoms with Gasteiger partial charge >= 0.3 is 0 Å². The van der Waals surface area contributed by atoms with E-state index in [1.165, 1.54) is 35.3 Å². The van der Waals surface area contributed by atoms with Gasteiger partial charge in [-0.15, -0.1) is 11.8 Å². The summed E-state index contributed by atoms with van der Waals surface area (Å²) >= 11 is 1.44. The second-order valence-corrected chi connectivity index (χ2v) is 9.89. The van der Waals surface area contributed by atoms with Crippen LogP contribution in [0.15, 0.2) is 58.3 Å². The summed E-state index contributed by atoms with van der Waals surface area (Å²) in [5.74, 6) is 0.202. The first-order valence-corrected chi connectivity index (χ1v) is 11.4. The van der Waals surface area contributed by atoms with Crippen molar-refractivity contribution in [3.8, 4) is 5.75 Å². The lowest BCUT2D eigenvalue weighted by Gasteiger charge is -2.18. The number of benzene rings is 2. The molecule has 2 aromatic carbocycles. The predicted octanol–water partition coefficient (Wildman–Crippen LogP) is 3.60. The molecule has 8 heteroatoms. The van der Waals surface area contributed by atoms with Gasteiger partial charge in [0.2, 0.25) is 15.9 Å². The molecule has 1 unspecified atom stereocenters. The van der Waals surface area contributed by atoms with E-state index >= 15 is 0 Å². The van der Waals surface area contributed by atoms with Gasteiger partial charge in [0.05, 0.1) is 22.9 Å². The Kier molecular flexibility index (Phi) is 6.64.